The number of fused-ring (bicyclic) bond motifs is 1. The van der Waals surface area contributed by atoms with Crippen LogP contribution in [-0.2, 0) is 52.4 Å². The number of aliphatic carboxylic acids is 2. The fourth-order valence-corrected chi connectivity index (χ4v) is 6.63. The van der Waals surface area contributed by atoms with Gasteiger partial charge >= 0.3 is 29.8 Å². The molecule has 3 aromatic carbocycles. The standard InChI is InChI=1S/C42H42O23/c43-20-6-1-18(2-7-20)3-10-31(50)58-16-27-34(53)35(54)37(56)41(63-27)62-26-13-23-24(60-39(26)19-4-8-21(44)9-5-19)11-22(45)12-25(23)61-42-38(57)36(55)40(65-33(52)15-30(48)49)28(64-42)17-59-32(51)14-29(46)47/h1-13,27-28,34-45,53-57H,14-17H2,(H,46,47)(H,48,49)/b10-3+/t27-,28-,34-,35+,36-,37-,38-,39?,40-,41-,42-/m1/s1. The number of aromatic hydroxyl groups is 3. The van der Waals surface area contributed by atoms with E-state index in [1.165, 1.54) is 60.7 Å². The molecule has 3 aliphatic rings. The minimum Gasteiger partial charge on any atom is -0.508 e. The van der Waals surface area contributed by atoms with E-state index in [0.717, 1.165) is 18.2 Å². The van der Waals surface area contributed by atoms with Crippen molar-refractivity contribution in [3.63, 3.8) is 0 Å². The van der Waals surface area contributed by atoms with Crippen molar-refractivity contribution in [3.05, 3.63) is 89.2 Å². The highest BCUT2D eigenvalue weighted by molar-refractivity contribution is 5.90. The van der Waals surface area contributed by atoms with Crippen molar-refractivity contribution in [2.45, 2.75) is 80.4 Å². The number of esters is 3. The van der Waals surface area contributed by atoms with Gasteiger partial charge in [-0.3, -0.25) is 19.2 Å². The lowest BCUT2D eigenvalue weighted by Gasteiger charge is -2.42. The Morgan fingerprint density at radius 3 is 1.88 bits per heavy atom. The molecule has 0 radical (unpaired) electrons. The summed E-state index contributed by atoms with van der Waals surface area (Å²) in [5.74, 6) is -8.04. The third-order valence-corrected chi connectivity index (χ3v) is 9.84. The number of phenolic OH excluding ortho intramolecular Hbond substituents is 3. The van der Waals surface area contributed by atoms with Crippen LogP contribution in [0.15, 0.2) is 72.5 Å². The lowest BCUT2D eigenvalue weighted by atomic mass is 9.98. The number of hydrogen-bond donors (Lipinski definition) is 10. The summed E-state index contributed by atoms with van der Waals surface area (Å²) in [7, 11) is 0. The molecule has 348 valence electrons. The van der Waals surface area contributed by atoms with E-state index in [2.05, 4.69) is 0 Å². The van der Waals surface area contributed by atoms with E-state index in [1.54, 1.807) is 0 Å². The first-order valence-corrected chi connectivity index (χ1v) is 19.4. The average Bonchev–Trinajstić information content (AvgIpc) is 3.25. The summed E-state index contributed by atoms with van der Waals surface area (Å²) < 4.78 is 44.9. The van der Waals surface area contributed by atoms with E-state index in [4.69, 9.17) is 48.1 Å². The second-order valence-electron chi connectivity index (χ2n) is 14.6. The van der Waals surface area contributed by atoms with Crippen molar-refractivity contribution in [1.82, 2.24) is 0 Å². The Kier molecular flexibility index (Phi) is 15.1. The Morgan fingerprint density at radius 1 is 0.631 bits per heavy atom. The molecule has 1 unspecified atom stereocenters. The Balaban J connectivity index is 1.27. The molecule has 10 N–H and O–H groups in total. The lowest BCUT2D eigenvalue weighted by Crippen LogP contribution is -2.61. The summed E-state index contributed by atoms with van der Waals surface area (Å²) in [5, 5.41) is 103. The number of aliphatic hydroxyl groups is 5. The molecule has 2 saturated heterocycles. The Labute approximate surface area is 366 Å². The van der Waals surface area contributed by atoms with Crippen LogP contribution in [-0.4, -0.2) is 156 Å². The number of carbonyl (C=O) groups is 5. The molecule has 2 fully saturated rings. The van der Waals surface area contributed by atoms with Gasteiger partial charge in [-0.1, -0.05) is 24.3 Å². The van der Waals surface area contributed by atoms with E-state index in [9.17, 15) is 64.8 Å². The normalized spacial score (nSPS) is 27.3. The number of aliphatic hydroxyl groups excluding tert-OH is 5. The van der Waals surface area contributed by atoms with Crippen molar-refractivity contribution in [1.29, 1.82) is 0 Å². The third kappa shape index (κ3) is 12.0. The molecule has 65 heavy (non-hydrogen) atoms. The number of rotatable bonds is 16. The van der Waals surface area contributed by atoms with E-state index in [1.807, 2.05) is 0 Å². The molecule has 11 atom stereocenters. The first-order valence-electron chi connectivity index (χ1n) is 19.4. The van der Waals surface area contributed by atoms with Gasteiger partial charge in [0.25, 0.3) is 0 Å². The maximum Gasteiger partial charge on any atom is 0.330 e. The molecular weight excluding hydrogens is 872 g/mol. The van der Waals surface area contributed by atoms with Gasteiger partial charge in [0, 0.05) is 23.8 Å². The molecule has 23 heteroatoms. The molecule has 0 aromatic heterocycles. The molecule has 23 nitrogen and oxygen atoms in total. The van der Waals surface area contributed by atoms with Crippen LogP contribution in [0.3, 0.4) is 0 Å². The Bertz CT molecular complexity index is 2270. The van der Waals surface area contributed by atoms with Crippen LogP contribution in [0, 0.1) is 0 Å². The van der Waals surface area contributed by atoms with Gasteiger partial charge in [0.2, 0.25) is 12.6 Å². The minimum atomic E-state index is -2.12. The quantitative estimate of drug-likeness (QED) is 0.0378. The van der Waals surface area contributed by atoms with Gasteiger partial charge in [0.1, 0.15) is 103 Å². The largest absolute Gasteiger partial charge is 0.508 e. The maximum atomic E-state index is 12.5. The van der Waals surface area contributed by atoms with Gasteiger partial charge in [-0.2, -0.15) is 0 Å². The maximum absolute atomic E-state index is 12.5. The number of hydrogen-bond acceptors (Lipinski definition) is 21. The summed E-state index contributed by atoms with van der Waals surface area (Å²) in [6, 6.07) is 13.5. The number of phenols is 3. The zero-order valence-electron chi connectivity index (χ0n) is 33.5. The Morgan fingerprint density at radius 2 is 1.22 bits per heavy atom. The SMILES string of the molecule is O=C(O)CC(=O)OC[C@H]1O[C@@H](Oc2cc(O)cc3c2C=C(O[C@@H]2O[C@H](COC(=O)/C=C/c4ccc(O)cc4)[C@@H](O)[C@H](O)[C@H]2O)C(c2ccc(O)cc2)O3)[C@H](O)[C@@H](O)[C@@H]1OC(=O)CC(=O)O. The summed E-state index contributed by atoms with van der Waals surface area (Å²) in [6.07, 6.45) is -18.6. The van der Waals surface area contributed by atoms with Crippen molar-refractivity contribution < 1.29 is 113 Å². The number of carbonyl (C=O) groups excluding carboxylic acids is 3. The van der Waals surface area contributed by atoms with Crippen LogP contribution in [0.5, 0.6) is 28.7 Å². The zero-order chi connectivity index (χ0) is 47.1. The van der Waals surface area contributed by atoms with E-state index in [-0.39, 0.29) is 34.3 Å². The highest BCUT2D eigenvalue weighted by Gasteiger charge is 2.50. The molecule has 6 rings (SSSR count). The van der Waals surface area contributed by atoms with Gasteiger partial charge in [0.15, 0.2) is 12.2 Å². The van der Waals surface area contributed by atoms with Crippen LogP contribution in [0.4, 0.5) is 0 Å². The molecular formula is C42H42O23. The van der Waals surface area contributed by atoms with E-state index < -0.39 is 129 Å². The van der Waals surface area contributed by atoms with Gasteiger partial charge in [-0.25, -0.2) is 4.79 Å². The second-order valence-corrected chi connectivity index (χ2v) is 14.6. The predicted molar refractivity (Wildman–Crippen MR) is 210 cm³/mol. The van der Waals surface area contributed by atoms with E-state index >= 15 is 0 Å². The lowest BCUT2D eigenvalue weighted by molar-refractivity contribution is -0.294. The smallest absolute Gasteiger partial charge is 0.330 e. The number of ether oxygens (including phenoxy) is 8. The van der Waals surface area contributed by atoms with Crippen molar-refractivity contribution in [2.75, 3.05) is 13.2 Å². The number of carboxylic acid groups (broad SMARTS) is 2. The van der Waals surface area contributed by atoms with E-state index in [0.29, 0.717) is 11.1 Å². The fourth-order valence-electron chi connectivity index (χ4n) is 6.63. The monoisotopic (exact) mass is 914 g/mol. The molecule has 0 amide bonds. The molecule has 3 aliphatic heterocycles. The highest BCUT2D eigenvalue weighted by Crippen LogP contribution is 2.46. The van der Waals surface area contributed by atoms with Gasteiger partial charge < -0.3 is 89.0 Å². The first kappa shape index (κ1) is 47.5. The van der Waals surface area contributed by atoms with Crippen LogP contribution in [0.1, 0.15) is 35.6 Å². The summed E-state index contributed by atoms with van der Waals surface area (Å²) in [4.78, 5) is 59.0. The molecule has 3 heterocycles. The predicted octanol–water partition coefficient (Wildman–Crippen LogP) is -0.411. The van der Waals surface area contributed by atoms with Crippen molar-refractivity contribution in [3.8, 4) is 28.7 Å². The van der Waals surface area contributed by atoms with Gasteiger partial charge in [0.05, 0.1) is 5.56 Å². The van der Waals surface area contributed by atoms with Crippen molar-refractivity contribution >= 4 is 42.0 Å². The molecule has 0 spiro atoms. The van der Waals surface area contributed by atoms with Crippen LogP contribution in [0.25, 0.3) is 12.2 Å². The number of carboxylic acids is 2. The van der Waals surface area contributed by atoms with Crippen LogP contribution < -0.4 is 9.47 Å². The molecule has 0 saturated carbocycles. The van der Waals surface area contributed by atoms with Gasteiger partial charge in [-0.05, 0) is 42.0 Å². The third-order valence-electron chi connectivity index (χ3n) is 9.84. The molecule has 0 aliphatic carbocycles. The number of benzene rings is 3. The van der Waals surface area contributed by atoms with Crippen molar-refractivity contribution in [2.24, 2.45) is 0 Å². The summed E-state index contributed by atoms with van der Waals surface area (Å²) in [6.45, 7) is -1.55. The second kappa shape index (κ2) is 20.7. The summed E-state index contributed by atoms with van der Waals surface area (Å²) in [5.41, 5.74) is 0.777. The fraction of sp³-hybridized carbons (Fsp3) is 0.357. The topological polar surface area (TPSA) is 361 Å². The average molecular weight is 915 g/mol. The zero-order valence-corrected chi connectivity index (χ0v) is 33.5. The Hall–Kier alpha value is -6.99. The minimum absolute atomic E-state index is 0.00897. The molecule has 0 bridgehead atoms. The molecule has 3 aromatic rings. The highest BCUT2D eigenvalue weighted by atomic mass is 16.7. The van der Waals surface area contributed by atoms with Crippen LogP contribution in [0.2, 0.25) is 0 Å². The summed E-state index contributed by atoms with van der Waals surface area (Å²) >= 11 is 0. The van der Waals surface area contributed by atoms with Gasteiger partial charge in [-0.15, -0.1) is 0 Å². The van der Waals surface area contributed by atoms with Crippen LogP contribution >= 0.6 is 0 Å². The first-order chi connectivity index (χ1) is 30.9.